The van der Waals surface area contributed by atoms with Crippen molar-refractivity contribution >= 4 is 27.8 Å². The quantitative estimate of drug-likeness (QED) is 0.176. The molecule has 322 valence electrons. The van der Waals surface area contributed by atoms with Gasteiger partial charge in [0.05, 0.1) is 10.8 Å². The first-order chi connectivity index (χ1) is 34.2. The van der Waals surface area contributed by atoms with E-state index in [9.17, 15) is 0 Å². The normalized spacial score (nSPS) is 14.3. The number of rotatable bonds is 4. The Balaban J connectivity index is 1.02. The summed E-state index contributed by atoms with van der Waals surface area (Å²) in [5.41, 5.74) is 18.8. The second-order valence-corrected chi connectivity index (χ2v) is 18.7. The van der Waals surface area contributed by atoms with Crippen molar-refractivity contribution in [2.45, 2.75) is 10.8 Å². The highest BCUT2D eigenvalue weighted by atomic mass is 16.5. The van der Waals surface area contributed by atoms with Crippen molar-refractivity contribution in [3.05, 3.63) is 293 Å². The molecule has 0 aromatic heterocycles. The van der Waals surface area contributed by atoms with Gasteiger partial charge in [-0.3, -0.25) is 0 Å². The maximum atomic E-state index is 6.80. The highest BCUT2D eigenvalue weighted by Gasteiger charge is 2.53. The Hall–Kier alpha value is -8.92. The Labute approximate surface area is 400 Å². The lowest BCUT2D eigenvalue weighted by Crippen LogP contribution is -2.32. The summed E-state index contributed by atoms with van der Waals surface area (Å²) < 4.78 is 13.5. The molecule has 2 aliphatic heterocycles. The van der Waals surface area contributed by atoms with Crippen molar-refractivity contribution in [1.29, 1.82) is 0 Å². The smallest absolute Gasteiger partial charge is 0.132 e. The van der Waals surface area contributed by atoms with Crippen LogP contribution < -0.4 is 14.4 Å². The van der Waals surface area contributed by atoms with Gasteiger partial charge in [0.15, 0.2) is 0 Å². The molecule has 0 radical (unpaired) electrons. The van der Waals surface area contributed by atoms with Gasteiger partial charge in [0.1, 0.15) is 23.0 Å². The Morgan fingerprint density at radius 3 is 1.32 bits per heavy atom. The van der Waals surface area contributed by atoms with E-state index in [-0.39, 0.29) is 0 Å². The first kappa shape index (κ1) is 38.2. The van der Waals surface area contributed by atoms with E-state index >= 15 is 0 Å². The summed E-state index contributed by atoms with van der Waals surface area (Å²) in [4.78, 5) is 2.47. The molecule has 0 saturated carbocycles. The van der Waals surface area contributed by atoms with Crippen LogP contribution in [0.3, 0.4) is 0 Å². The van der Waals surface area contributed by atoms with Gasteiger partial charge in [0, 0.05) is 39.3 Å². The van der Waals surface area contributed by atoms with E-state index in [0.717, 1.165) is 62.3 Å². The van der Waals surface area contributed by atoms with E-state index in [0.29, 0.717) is 0 Å². The van der Waals surface area contributed by atoms with Crippen LogP contribution in [0, 0.1) is 0 Å². The van der Waals surface area contributed by atoms with E-state index in [2.05, 4.69) is 254 Å². The van der Waals surface area contributed by atoms with E-state index in [1.807, 2.05) is 0 Å². The standard InChI is InChI=1S/C66H41NO2/c1-2-16-42(17-3-1)43-30-33-45(34-31-43)67(46-35-37-50-49-20-6-7-21-52(49)65(58(50)40-46)53-22-8-12-26-60(53)68-61-27-13-9-23-54(61)65)47-36-38-51-59(41-47)66(57-39-32-44-18-4-5-19-48(44)64(51)57)55-24-10-14-28-62(55)69-63-29-15-11-25-56(63)66/h1-41H. The SMILES string of the molecule is c1ccc(-c2ccc(N(c3ccc4c(c3)C3(c5ccccc5Oc5ccccc53)c3ccccc3-4)c3ccc4c(c3)C3(c5ccccc5Oc5ccccc53)c3ccc5ccccc5c3-4)cc2)cc1. The summed E-state index contributed by atoms with van der Waals surface area (Å²) in [7, 11) is 0. The highest BCUT2D eigenvalue weighted by molar-refractivity contribution is 6.05. The number of fused-ring (bicyclic) bond motifs is 20. The summed E-state index contributed by atoms with van der Waals surface area (Å²) >= 11 is 0. The van der Waals surface area contributed by atoms with E-state index in [1.54, 1.807) is 0 Å². The molecule has 11 aromatic rings. The minimum atomic E-state index is -0.655. The van der Waals surface area contributed by atoms with Crippen LogP contribution >= 0.6 is 0 Å². The summed E-state index contributed by atoms with van der Waals surface area (Å²) in [5.74, 6) is 3.51. The number of benzene rings is 11. The molecule has 15 rings (SSSR count). The van der Waals surface area contributed by atoms with Gasteiger partial charge in [-0.25, -0.2) is 0 Å². The number of anilines is 3. The lowest BCUT2D eigenvalue weighted by molar-refractivity contribution is 0.436. The van der Waals surface area contributed by atoms with E-state index in [1.165, 1.54) is 66.4 Å². The number of ether oxygens (including phenoxy) is 2. The largest absolute Gasteiger partial charge is 0.457 e. The van der Waals surface area contributed by atoms with E-state index < -0.39 is 10.8 Å². The monoisotopic (exact) mass is 879 g/mol. The van der Waals surface area contributed by atoms with Crippen LogP contribution in [0.15, 0.2) is 249 Å². The van der Waals surface area contributed by atoms with Gasteiger partial charge in [-0.2, -0.15) is 0 Å². The lowest BCUT2D eigenvalue weighted by atomic mass is 9.66. The number of para-hydroxylation sites is 4. The van der Waals surface area contributed by atoms with Crippen LogP contribution in [-0.4, -0.2) is 0 Å². The third kappa shape index (κ3) is 5.11. The summed E-state index contributed by atoms with van der Waals surface area (Å²) in [6.45, 7) is 0. The third-order valence-electron chi connectivity index (χ3n) is 15.4. The van der Waals surface area contributed by atoms with Crippen molar-refractivity contribution < 1.29 is 9.47 Å². The van der Waals surface area contributed by atoms with Crippen molar-refractivity contribution in [3.8, 4) is 56.4 Å². The van der Waals surface area contributed by atoms with Crippen LogP contribution in [0.25, 0.3) is 44.2 Å². The Morgan fingerprint density at radius 2 is 0.710 bits per heavy atom. The van der Waals surface area contributed by atoms with Crippen LogP contribution in [0.2, 0.25) is 0 Å². The van der Waals surface area contributed by atoms with E-state index in [4.69, 9.17) is 9.47 Å². The zero-order chi connectivity index (χ0) is 45.3. The maximum Gasteiger partial charge on any atom is 0.132 e. The molecule has 0 bridgehead atoms. The Bertz CT molecular complexity index is 3830. The third-order valence-corrected chi connectivity index (χ3v) is 15.4. The Morgan fingerprint density at radius 1 is 0.275 bits per heavy atom. The fourth-order valence-electron chi connectivity index (χ4n) is 12.7. The minimum Gasteiger partial charge on any atom is -0.457 e. The van der Waals surface area contributed by atoms with Gasteiger partial charge in [0.2, 0.25) is 0 Å². The fourth-order valence-corrected chi connectivity index (χ4v) is 12.7. The van der Waals surface area contributed by atoms with Gasteiger partial charge in [-0.1, -0.05) is 188 Å². The molecule has 3 nitrogen and oxygen atoms in total. The topological polar surface area (TPSA) is 21.7 Å². The van der Waals surface area contributed by atoms with Crippen molar-refractivity contribution in [2.75, 3.05) is 4.90 Å². The molecule has 3 heteroatoms. The van der Waals surface area contributed by atoms with Crippen LogP contribution in [0.1, 0.15) is 44.5 Å². The molecule has 0 fully saturated rings. The molecular formula is C66H41NO2. The molecule has 2 aliphatic carbocycles. The molecule has 4 aliphatic rings. The second-order valence-electron chi connectivity index (χ2n) is 18.7. The minimum absolute atomic E-state index is 0.615. The molecule has 0 amide bonds. The molecule has 2 spiro atoms. The average Bonchev–Trinajstić information content (AvgIpc) is 3.87. The van der Waals surface area contributed by atoms with Crippen molar-refractivity contribution in [1.82, 2.24) is 0 Å². The van der Waals surface area contributed by atoms with Gasteiger partial charge in [0.25, 0.3) is 0 Å². The molecule has 0 saturated heterocycles. The van der Waals surface area contributed by atoms with Crippen LogP contribution in [0.4, 0.5) is 17.1 Å². The summed E-state index contributed by atoms with van der Waals surface area (Å²) in [6.07, 6.45) is 0. The molecular weight excluding hydrogens is 839 g/mol. The number of hydrogen-bond donors (Lipinski definition) is 0. The Kier molecular flexibility index (Phi) is 7.92. The summed E-state index contributed by atoms with van der Waals surface area (Å²) in [5, 5.41) is 2.47. The summed E-state index contributed by atoms with van der Waals surface area (Å²) in [6, 6.07) is 91.0. The van der Waals surface area contributed by atoms with Crippen LogP contribution in [-0.2, 0) is 10.8 Å². The molecule has 69 heavy (non-hydrogen) atoms. The van der Waals surface area contributed by atoms with Crippen molar-refractivity contribution in [3.63, 3.8) is 0 Å². The first-order valence-corrected chi connectivity index (χ1v) is 23.8. The predicted octanol–water partition coefficient (Wildman–Crippen LogP) is 16.9. The van der Waals surface area contributed by atoms with Gasteiger partial charge in [-0.15, -0.1) is 0 Å². The van der Waals surface area contributed by atoms with Crippen LogP contribution in [0.5, 0.6) is 23.0 Å². The first-order valence-electron chi connectivity index (χ1n) is 23.8. The molecule has 0 atom stereocenters. The molecule has 11 aromatic carbocycles. The molecule has 2 heterocycles. The zero-order valence-corrected chi connectivity index (χ0v) is 37.4. The number of hydrogen-bond acceptors (Lipinski definition) is 3. The van der Waals surface area contributed by atoms with Crippen molar-refractivity contribution in [2.24, 2.45) is 0 Å². The maximum absolute atomic E-state index is 6.80. The molecule has 0 unspecified atom stereocenters. The zero-order valence-electron chi connectivity index (χ0n) is 37.4. The van der Waals surface area contributed by atoms with Gasteiger partial charge < -0.3 is 14.4 Å². The predicted molar refractivity (Wildman–Crippen MR) is 279 cm³/mol. The fraction of sp³-hybridized carbons (Fsp3) is 0.0303. The average molecular weight is 880 g/mol. The highest BCUT2D eigenvalue weighted by Crippen LogP contribution is 2.65. The number of nitrogens with zero attached hydrogens (tertiary/aromatic N) is 1. The second kappa shape index (κ2) is 14.3. The molecule has 0 N–H and O–H groups in total. The van der Waals surface area contributed by atoms with Gasteiger partial charge >= 0.3 is 0 Å². The van der Waals surface area contributed by atoms with Gasteiger partial charge in [-0.05, 0) is 127 Å². The lowest BCUT2D eigenvalue weighted by Gasteiger charge is -2.40.